The zero-order valence-corrected chi connectivity index (χ0v) is 11.8. The van der Waals surface area contributed by atoms with E-state index in [-0.39, 0.29) is 22.6 Å². The van der Waals surface area contributed by atoms with Gasteiger partial charge in [-0.15, -0.1) is 0 Å². The molecule has 92 valence electrons. The Kier molecular flexibility index (Phi) is 5.40. The van der Waals surface area contributed by atoms with Crippen LogP contribution in [0.3, 0.4) is 0 Å². The second-order valence-electron chi connectivity index (χ2n) is 4.09. The quantitative estimate of drug-likeness (QED) is 0.551. The van der Waals surface area contributed by atoms with Crippen LogP contribution in [0.15, 0.2) is 0 Å². The molecular formula is C9H18BO4PS. The van der Waals surface area contributed by atoms with Gasteiger partial charge in [-0.2, -0.15) is 11.8 Å². The Morgan fingerprint density at radius 3 is 2.25 bits per heavy atom. The van der Waals surface area contributed by atoms with Crippen LogP contribution in [-0.4, -0.2) is 64.6 Å². The van der Waals surface area contributed by atoms with Gasteiger partial charge in [-0.05, 0) is 5.15 Å². The molecule has 1 aliphatic heterocycles. The van der Waals surface area contributed by atoms with Crippen LogP contribution in [0.2, 0.25) is 0 Å². The predicted molar refractivity (Wildman–Crippen MR) is 67.9 cm³/mol. The minimum absolute atomic E-state index is 0.0678. The predicted octanol–water partition coefficient (Wildman–Crippen LogP) is 1.18. The van der Waals surface area contributed by atoms with E-state index in [4.69, 9.17) is 21.8 Å². The van der Waals surface area contributed by atoms with Crippen LogP contribution in [-0.2, 0) is 18.6 Å². The van der Waals surface area contributed by atoms with Gasteiger partial charge in [0, 0.05) is 27.5 Å². The first kappa shape index (κ1) is 14.6. The van der Waals surface area contributed by atoms with Crippen molar-refractivity contribution in [3.8, 4) is 0 Å². The van der Waals surface area contributed by atoms with E-state index in [0.29, 0.717) is 6.61 Å². The Hall–Kier alpha value is 0.525. The van der Waals surface area contributed by atoms with Gasteiger partial charge in [0.2, 0.25) is 0 Å². The maximum Gasteiger partial charge on any atom is 0.197 e. The van der Waals surface area contributed by atoms with Gasteiger partial charge < -0.3 is 14.0 Å². The van der Waals surface area contributed by atoms with Gasteiger partial charge in [0.1, 0.15) is 0 Å². The van der Waals surface area contributed by atoms with Crippen molar-refractivity contribution in [1.29, 1.82) is 0 Å². The fraction of sp³-hybridized carbons (Fsp3) is 1.00. The molecule has 0 spiro atoms. The molecule has 0 aliphatic carbocycles. The highest BCUT2D eigenvalue weighted by Crippen LogP contribution is 2.42. The van der Waals surface area contributed by atoms with Crippen LogP contribution in [0.25, 0.3) is 0 Å². The summed E-state index contributed by atoms with van der Waals surface area (Å²) in [6, 6.07) is 0. The average Bonchev–Trinajstić information content (AvgIpc) is 2.49. The molecule has 1 saturated heterocycles. The minimum atomic E-state index is -2.45. The summed E-state index contributed by atoms with van der Waals surface area (Å²) in [6.45, 7) is 3.57. The van der Waals surface area contributed by atoms with E-state index in [9.17, 15) is 4.57 Å². The third-order valence-corrected chi connectivity index (χ3v) is 4.55. The highest BCUT2D eigenvalue weighted by atomic mass is 32.2. The van der Waals surface area contributed by atoms with Gasteiger partial charge in [-0.25, -0.2) is 0 Å². The average molecular weight is 264 g/mol. The standard InChI is InChI=1S/C9H18BO4PS/c1-12-7-6(5-14-15(3,4)11)16-9(10)8(7)13-2/h6-9H,5H2,1-4H3. The molecule has 4 atom stereocenters. The van der Waals surface area contributed by atoms with Crippen LogP contribution in [0.1, 0.15) is 0 Å². The maximum absolute atomic E-state index is 11.5. The molecule has 2 radical (unpaired) electrons. The molecule has 0 N–H and O–H groups in total. The molecule has 0 aromatic carbocycles. The Balaban J connectivity index is 2.57. The summed E-state index contributed by atoms with van der Waals surface area (Å²) in [6.07, 6.45) is -0.256. The maximum atomic E-state index is 11.5. The number of ether oxygens (including phenoxy) is 2. The van der Waals surface area contributed by atoms with Crippen LogP contribution < -0.4 is 0 Å². The molecule has 4 unspecified atom stereocenters. The lowest BCUT2D eigenvalue weighted by molar-refractivity contribution is -0.0250. The highest BCUT2D eigenvalue weighted by molar-refractivity contribution is 8.02. The zero-order valence-electron chi connectivity index (χ0n) is 10.1. The van der Waals surface area contributed by atoms with Gasteiger partial charge in [-0.1, -0.05) is 0 Å². The summed E-state index contributed by atoms with van der Waals surface area (Å²) in [5, 5.41) is -0.0603. The van der Waals surface area contributed by atoms with Gasteiger partial charge in [0.05, 0.1) is 31.9 Å². The monoisotopic (exact) mass is 264 g/mol. The van der Waals surface area contributed by atoms with Gasteiger partial charge in [0.25, 0.3) is 0 Å². The molecule has 1 aliphatic rings. The lowest BCUT2D eigenvalue weighted by Gasteiger charge is -2.23. The Labute approximate surface area is 103 Å². The molecule has 1 heterocycles. The fourth-order valence-corrected chi connectivity index (χ4v) is 3.71. The summed E-state index contributed by atoms with van der Waals surface area (Å²) in [5.74, 6) is 0. The topological polar surface area (TPSA) is 44.8 Å². The first-order chi connectivity index (χ1) is 7.39. The number of hydrogen-bond donors (Lipinski definition) is 0. The molecule has 4 nitrogen and oxygen atoms in total. The van der Waals surface area contributed by atoms with E-state index in [2.05, 4.69) is 0 Å². The lowest BCUT2D eigenvalue weighted by Crippen LogP contribution is -2.37. The molecule has 0 amide bonds. The smallest absolute Gasteiger partial charge is 0.197 e. The molecule has 0 bridgehead atoms. The lowest BCUT2D eigenvalue weighted by atomic mass is 9.94. The van der Waals surface area contributed by atoms with E-state index < -0.39 is 7.37 Å². The normalized spacial score (nSPS) is 35.5. The number of thioether (sulfide) groups is 1. The fourth-order valence-electron chi connectivity index (χ4n) is 1.70. The highest BCUT2D eigenvalue weighted by Gasteiger charge is 2.42. The van der Waals surface area contributed by atoms with E-state index in [0.717, 1.165) is 0 Å². The molecule has 7 heteroatoms. The molecule has 0 saturated carbocycles. The number of methoxy groups -OCH3 is 2. The van der Waals surface area contributed by atoms with Crippen molar-refractivity contribution in [1.82, 2.24) is 0 Å². The van der Waals surface area contributed by atoms with E-state index in [1.807, 2.05) is 0 Å². The van der Waals surface area contributed by atoms with Crippen molar-refractivity contribution < 1.29 is 18.6 Å². The molecule has 1 rings (SSSR count). The van der Waals surface area contributed by atoms with Crippen molar-refractivity contribution in [2.45, 2.75) is 22.6 Å². The van der Waals surface area contributed by atoms with Crippen molar-refractivity contribution in [2.24, 2.45) is 0 Å². The Morgan fingerprint density at radius 1 is 1.25 bits per heavy atom. The summed E-state index contributed by atoms with van der Waals surface area (Å²) >= 11 is 1.55. The summed E-state index contributed by atoms with van der Waals surface area (Å²) in [7, 11) is 6.71. The SMILES string of the molecule is [B]C1SC(COP(C)(C)=O)C(OC)C1OC. The van der Waals surface area contributed by atoms with Crippen LogP contribution in [0.5, 0.6) is 0 Å². The van der Waals surface area contributed by atoms with Gasteiger partial charge in [-0.3, -0.25) is 4.57 Å². The van der Waals surface area contributed by atoms with E-state index in [1.165, 1.54) is 0 Å². The van der Waals surface area contributed by atoms with Crippen LogP contribution in [0.4, 0.5) is 0 Å². The van der Waals surface area contributed by atoms with Crippen LogP contribution >= 0.6 is 19.1 Å². The van der Waals surface area contributed by atoms with Gasteiger partial charge >= 0.3 is 0 Å². The summed E-state index contributed by atoms with van der Waals surface area (Å²) in [5.41, 5.74) is 0. The first-order valence-corrected chi connectivity index (χ1v) is 8.51. The van der Waals surface area contributed by atoms with Crippen molar-refractivity contribution in [2.75, 3.05) is 34.2 Å². The second kappa shape index (κ2) is 5.92. The Morgan fingerprint density at radius 2 is 1.81 bits per heavy atom. The number of hydrogen-bond acceptors (Lipinski definition) is 5. The molecule has 0 aromatic rings. The van der Waals surface area contributed by atoms with E-state index in [1.54, 1.807) is 39.3 Å². The summed E-state index contributed by atoms with van der Waals surface area (Å²) < 4.78 is 27.5. The molecule has 1 fully saturated rings. The second-order valence-corrected chi connectivity index (χ2v) is 8.27. The minimum Gasteiger partial charge on any atom is -0.378 e. The molecule has 0 aromatic heterocycles. The zero-order chi connectivity index (χ0) is 12.3. The van der Waals surface area contributed by atoms with Crippen molar-refractivity contribution >= 4 is 27.0 Å². The first-order valence-electron chi connectivity index (χ1n) is 5.05. The third kappa shape index (κ3) is 3.78. The van der Waals surface area contributed by atoms with Crippen molar-refractivity contribution in [3.63, 3.8) is 0 Å². The van der Waals surface area contributed by atoms with E-state index >= 15 is 0 Å². The number of rotatable bonds is 5. The van der Waals surface area contributed by atoms with Crippen molar-refractivity contribution in [3.05, 3.63) is 0 Å². The van der Waals surface area contributed by atoms with Gasteiger partial charge in [0.15, 0.2) is 7.37 Å². The third-order valence-electron chi connectivity index (χ3n) is 2.44. The Bertz CT molecular complexity index is 272. The largest absolute Gasteiger partial charge is 0.378 e. The van der Waals surface area contributed by atoms with Crippen LogP contribution in [0, 0.1) is 0 Å². The summed E-state index contributed by atoms with van der Waals surface area (Å²) in [4.78, 5) is 0. The molecular weight excluding hydrogens is 246 g/mol. The molecule has 16 heavy (non-hydrogen) atoms.